The van der Waals surface area contributed by atoms with Crippen LogP contribution in [0.15, 0.2) is 30.3 Å². The number of hydrogen-bond donors (Lipinski definition) is 3. The fraction of sp³-hybridized carbons (Fsp3) is 0.720. The Morgan fingerprint density at radius 3 is 2.43 bits per heavy atom. The van der Waals surface area contributed by atoms with Crippen molar-refractivity contribution in [1.29, 1.82) is 0 Å². The van der Waals surface area contributed by atoms with E-state index in [1.807, 2.05) is 30.3 Å². The van der Waals surface area contributed by atoms with Gasteiger partial charge in [-0.1, -0.05) is 30.3 Å². The van der Waals surface area contributed by atoms with Crippen molar-refractivity contribution in [2.45, 2.75) is 82.6 Å². The van der Waals surface area contributed by atoms with E-state index in [0.717, 1.165) is 55.5 Å². The molecule has 0 saturated heterocycles. The monoisotopic (exact) mass is 412 g/mol. The zero-order valence-corrected chi connectivity index (χ0v) is 17.9. The Morgan fingerprint density at radius 2 is 1.73 bits per heavy atom. The molecule has 164 valence electrons. The average molecular weight is 413 g/mol. The van der Waals surface area contributed by atoms with Crippen molar-refractivity contribution in [2.75, 3.05) is 6.54 Å². The van der Waals surface area contributed by atoms with Crippen molar-refractivity contribution >= 4 is 6.09 Å². The molecule has 0 spiro atoms. The zero-order chi connectivity index (χ0) is 20.6. The second kappa shape index (κ2) is 8.51. The van der Waals surface area contributed by atoms with E-state index >= 15 is 0 Å². The number of aliphatic hydroxyl groups is 1. The molecule has 30 heavy (non-hydrogen) atoms. The first-order chi connectivity index (χ1) is 14.6. The highest BCUT2D eigenvalue weighted by Gasteiger charge is 2.55. The van der Waals surface area contributed by atoms with Crippen molar-refractivity contribution in [3.05, 3.63) is 35.9 Å². The van der Waals surface area contributed by atoms with Crippen LogP contribution in [-0.2, 0) is 11.3 Å². The maximum Gasteiger partial charge on any atom is 0.407 e. The average Bonchev–Trinajstić information content (AvgIpc) is 2.75. The van der Waals surface area contributed by atoms with E-state index in [1.165, 1.54) is 32.1 Å². The van der Waals surface area contributed by atoms with Crippen LogP contribution in [0, 0.1) is 23.2 Å². The summed E-state index contributed by atoms with van der Waals surface area (Å²) in [5.74, 6) is 2.31. The number of aliphatic hydroxyl groups excluding tert-OH is 1. The molecule has 6 rings (SSSR count). The standard InChI is InChI=1S/C25H36N2O3/c28-22-8-6-21(7-9-22)27-23-19-10-18-11-20(23)14-25(12-18,13-19)16-26-24(29)30-15-17-4-2-1-3-5-17/h1-5,18-23,27-28H,6-16H2,(H,26,29)/t18?,19-,20+,21-,22+,23-,25-. The molecule has 1 unspecified atom stereocenters. The van der Waals surface area contributed by atoms with E-state index in [-0.39, 0.29) is 17.6 Å². The summed E-state index contributed by atoms with van der Waals surface area (Å²) in [5, 5.41) is 16.9. The van der Waals surface area contributed by atoms with Crippen molar-refractivity contribution in [1.82, 2.24) is 10.6 Å². The molecule has 5 fully saturated rings. The van der Waals surface area contributed by atoms with Crippen molar-refractivity contribution in [2.24, 2.45) is 23.2 Å². The van der Waals surface area contributed by atoms with Crippen LogP contribution in [0.5, 0.6) is 0 Å². The van der Waals surface area contributed by atoms with Gasteiger partial charge in [0.2, 0.25) is 0 Å². The molecule has 1 aromatic carbocycles. The molecule has 4 bridgehead atoms. The number of ether oxygens (including phenoxy) is 1. The Kier molecular flexibility index (Phi) is 5.76. The molecule has 0 radical (unpaired) electrons. The fourth-order valence-electron chi connectivity index (χ4n) is 7.23. The quantitative estimate of drug-likeness (QED) is 0.660. The second-order valence-electron chi connectivity index (χ2n) is 10.6. The highest BCUT2D eigenvalue weighted by atomic mass is 16.5. The Bertz CT molecular complexity index is 715. The highest BCUT2D eigenvalue weighted by Crippen LogP contribution is 2.60. The lowest BCUT2D eigenvalue weighted by Crippen LogP contribution is -2.62. The second-order valence-corrected chi connectivity index (χ2v) is 10.6. The normalized spacial score (nSPS) is 39.6. The van der Waals surface area contributed by atoms with E-state index in [9.17, 15) is 9.90 Å². The molecule has 0 aliphatic heterocycles. The fourth-order valence-corrected chi connectivity index (χ4v) is 7.23. The van der Waals surface area contributed by atoms with Crippen LogP contribution in [-0.4, -0.2) is 35.9 Å². The minimum atomic E-state index is -0.287. The zero-order valence-electron chi connectivity index (χ0n) is 17.9. The third kappa shape index (κ3) is 4.38. The van der Waals surface area contributed by atoms with E-state index in [4.69, 9.17) is 4.74 Å². The molecular formula is C25H36N2O3. The number of nitrogens with one attached hydrogen (secondary N) is 2. The largest absolute Gasteiger partial charge is 0.445 e. The summed E-state index contributed by atoms with van der Waals surface area (Å²) >= 11 is 0. The third-order valence-electron chi connectivity index (χ3n) is 8.35. The van der Waals surface area contributed by atoms with Crippen LogP contribution in [0.1, 0.15) is 63.4 Å². The first-order valence-electron chi connectivity index (χ1n) is 12.0. The van der Waals surface area contributed by atoms with E-state index in [2.05, 4.69) is 10.6 Å². The molecule has 0 aromatic heterocycles. The Labute approximate surface area is 180 Å². The molecule has 5 heteroatoms. The Balaban J connectivity index is 1.13. The molecule has 5 saturated carbocycles. The highest BCUT2D eigenvalue weighted by molar-refractivity contribution is 5.67. The van der Waals surface area contributed by atoms with Gasteiger partial charge >= 0.3 is 6.09 Å². The van der Waals surface area contributed by atoms with Gasteiger partial charge in [0.25, 0.3) is 0 Å². The smallest absolute Gasteiger partial charge is 0.407 e. The van der Waals surface area contributed by atoms with Crippen molar-refractivity contribution in [3.8, 4) is 0 Å². The lowest BCUT2D eigenvalue weighted by molar-refractivity contribution is -0.0787. The molecule has 3 N–H and O–H groups in total. The molecule has 1 aromatic rings. The predicted molar refractivity (Wildman–Crippen MR) is 116 cm³/mol. The SMILES string of the molecule is O=C(NC[C@]12CC3C[C@H](C1)[C@@H](N[C@H]1CC[C@@H](O)CC1)[C@@H](C3)C2)OCc1ccccc1. The summed E-state index contributed by atoms with van der Waals surface area (Å²) in [6.45, 7) is 1.09. The summed E-state index contributed by atoms with van der Waals surface area (Å²) in [5.41, 5.74) is 1.29. The van der Waals surface area contributed by atoms with E-state index in [1.54, 1.807) is 0 Å². The predicted octanol–water partition coefficient (Wildman–Crippen LogP) is 4.00. The molecule has 5 nitrogen and oxygen atoms in total. The van der Waals surface area contributed by atoms with Gasteiger partial charge < -0.3 is 20.5 Å². The van der Waals surface area contributed by atoms with Crippen LogP contribution < -0.4 is 10.6 Å². The van der Waals surface area contributed by atoms with Gasteiger partial charge in [-0.05, 0) is 86.5 Å². The number of rotatable bonds is 6. The minimum Gasteiger partial charge on any atom is -0.445 e. The molecule has 5 aliphatic carbocycles. The molecule has 0 heterocycles. The van der Waals surface area contributed by atoms with Gasteiger partial charge in [-0.15, -0.1) is 0 Å². The summed E-state index contributed by atoms with van der Waals surface area (Å²) < 4.78 is 5.44. The topological polar surface area (TPSA) is 70.6 Å². The van der Waals surface area contributed by atoms with Crippen LogP contribution in [0.25, 0.3) is 0 Å². The number of amides is 1. The summed E-state index contributed by atoms with van der Waals surface area (Å²) in [7, 11) is 0. The molecule has 5 aliphatic rings. The summed E-state index contributed by atoms with van der Waals surface area (Å²) in [6, 6.07) is 11.1. The number of alkyl carbamates (subject to hydrolysis) is 1. The number of carbonyl (C=O) groups excluding carboxylic acids is 1. The summed E-state index contributed by atoms with van der Waals surface area (Å²) in [6.07, 6.45) is 10.2. The number of carbonyl (C=O) groups is 1. The van der Waals surface area contributed by atoms with Gasteiger partial charge in [0.15, 0.2) is 0 Å². The van der Waals surface area contributed by atoms with Crippen molar-refractivity contribution < 1.29 is 14.6 Å². The van der Waals surface area contributed by atoms with Crippen molar-refractivity contribution in [3.63, 3.8) is 0 Å². The Morgan fingerprint density at radius 1 is 1.03 bits per heavy atom. The van der Waals surface area contributed by atoms with Crippen LogP contribution in [0.3, 0.4) is 0 Å². The van der Waals surface area contributed by atoms with E-state index < -0.39 is 0 Å². The molecule has 5 atom stereocenters. The Hall–Kier alpha value is -1.59. The molecular weight excluding hydrogens is 376 g/mol. The third-order valence-corrected chi connectivity index (χ3v) is 8.35. The minimum absolute atomic E-state index is 0.0856. The number of hydrogen-bond acceptors (Lipinski definition) is 4. The maximum atomic E-state index is 12.3. The van der Waals surface area contributed by atoms with Gasteiger partial charge in [0, 0.05) is 18.6 Å². The van der Waals surface area contributed by atoms with Gasteiger partial charge in [-0.3, -0.25) is 0 Å². The summed E-state index contributed by atoms with van der Waals surface area (Å²) in [4.78, 5) is 12.3. The first kappa shape index (κ1) is 20.3. The van der Waals surface area contributed by atoms with E-state index in [0.29, 0.717) is 18.7 Å². The van der Waals surface area contributed by atoms with Gasteiger partial charge in [0.1, 0.15) is 6.61 Å². The lowest BCUT2D eigenvalue weighted by atomic mass is 9.48. The van der Waals surface area contributed by atoms with Gasteiger partial charge in [-0.2, -0.15) is 0 Å². The van der Waals surface area contributed by atoms with Crippen LogP contribution in [0.2, 0.25) is 0 Å². The first-order valence-corrected chi connectivity index (χ1v) is 12.0. The van der Waals surface area contributed by atoms with Gasteiger partial charge in [-0.25, -0.2) is 4.79 Å². The van der Waals surface area contributed by atoms with Crippen LogP contribution in [0.4, 0.5) is 4.79 Å². The maximum absolute atomic E-state index is 12.3. The van der Waals surface area contributed by atoms with Crippen LogP contribution >= 0.6 is 0 Å². The van der Waals surface area contributed by atoms with Gasteiger partial charge in [0.05, 0.1) is 6.10 Å². The number of benzene rings is 1. The molecule has 1 amide bonds. The lowest BCUT2D eigenvalue weighted by Gasteiger charge is -2.61.